The fourth-order valence-electron chi connectivity index (χ4n) is 1.73. The Bertz CT molecular complexity index is 414. The van der Waals surface area contributed by atoms with Crippen molar-refractivity contribution in [2.45, 2.75) is 13.0 Å². The highest BCUT2D eigenvalue weighted by atomic mass is 16.6. The topological polar surface area (TPSA) is 49.8 Å². The first kappa shape index (κ1) is 10.5. The van der Waals surface area contributed by atoms with Gasteiger partial charge in [-0.05, 0) is 18.6 Å². The third kappa shape index (κ3) is 1.74. The minimum absolute atomic E-state index is 0.0728. The zero-order valence-electron chi connectivity index (χ0n) is 8.96. The van der Waals surface area contributed by atoms with Crippen LogP contribution in [0.15, 0.2) is 42.3 Å². The van der Waals surface area contributed by atoms with E-state index in [1.165, 1.54) is 11.0 Å². The standard InChI is InChI=1S/C12H13NO3/c1-2-11(14)13-10(8-16-12(13)15)9-6-4-3-5-7-9/h2-7,10,14H,8H2,1H3/b11-2-/t10-/m0/s1. The Morgan fingerprint density at radius 2 is 2.19 bits per heavy atom. The van der Waals surface area contributed by atoms with Gasteiger partial charge in [-0.15, -0.1) is 0 Å². The average molecular weight is 219 g/mol. The molecule has 4 nitrogen and oxygen atoms in total. The first-order valence-corrected chi connectivity index (χ1v) is 5.10. The number of carbonyl (C=O) groups excluding carboxylic acids is 1. The van der Waals surface area contributed by atoms with E-state index in [1.807, 2.05) is 30.3 Å². The SMILES string of the molecule is C/C=C(\O)N1C(=O)OC[C@H]1c1ccccc1. The number of cyclic esters (lactones) is 1. The van der Waals surface area contributed by atoms with Crippen molar-refractivity contribution < 1.29 is 14.6 Å². The Labute approximate surface area is 93.8 Å². The van der Waals surface area contributed by atoms with Crippen molar-refractivity contribution in [3.05, 3.63) is 47.9 Å². The van der Waals surface area contributed by atoms with Crippen molar-refractivity contribution in [2.75, 3.05) is 6.61 Å². The summed E-state index contributed by atoms with van der Waals surface area (Å²) in [5.74, 6) is -0.0728. The lowest BCUT2D eigenvalue weighted by molar-refractivity contribution is 0.149. The largest absolute Gasteiger partial charge is 0.495 e. The molecule has 1 atom stereocenters. The van der Waals surface area contributed by atoms with Gasteiger partial charge in [0.05, 0.1) is 0 Å². The number of allylic oxidation sites excluding steroid dienone is 1. The lowest BCUT2D eigenvalue weighted by Gasteiger charge is -2.20. The van der Waals surface area contributed by atoms with Gasteiger partial charge in [0.1, 0.15) is 12.6 Å². The van der Waals surface area contributed by atoms with Crippen LogP contribution >= 0.6 is 0 Å². The molecule has 0 aromatic heterocycles. The number of rotatable bonds is 2. The molecule has 16 heavy (non-hydrogen) atoms. The van der Waals surface area contributed by atoms with E-state index in [1.54, 1.807) is 6.92 Å². The van der Waals surface area contributed by atoms with Crippen LogP contribution < -0.4 is 0 Å². The summed E-state index contributed by atoms with van der Waals surface area (Å²) in [6.07, 6.45) is 0.965. The number of ether oxygens (including phenoxy) is 1. The van der Waals surface area contributed by atoms with E-state index in [-0.39, 0.29) is 18.5 Å². The third-order valence-electron chi connectivity index (χ3n) is 2.56. The van der Waals surface area contributed by atoms with Crippen LogP contribution in [0.1, 0.15) is 18.5 Å². The Morgan fingerprint density at radius 3 is 2.81 bits per heavy atom. The van der Waals surface area contributed by atoms with Crippen LogP contribution in [-0.4, -0.2) is 22.7 Å². The van der Waals surface area contributed by atoms with E-state index >= 15 is 0 Å². The summed E-state index contributed by atoms with van der Waals surface area (Å²) in [5, 5.41) is 9.65. The number of aliphatic hydroxyl groups excluding tert-OH is 1. The van der Waals surface area contributed by atoms with Gasteiger partial charge in [-0.25, -0.2) is 9.69 Å². The molecule has 1 aliphatic heterocycles. The van der Waals surface area contributed by atoms with Gasteiger partial charge < -0.3 is 9.84 Å². The number of aliphatic hydroxyl groups is 1. The minimum atomic E-state index is -0.510. The summed E-state index contributed by atoms with van der Waals surface area (Å²) >= 11 is 0. The van der Waals surface area contributed by atoms with Gasteiger partial charge in [0, 0.05) is 0 Å². The van der Waals surface area contributed by atoms with Crippen LogP contribution in [0.2, 0.25) is 0 Å². The van der Waals surface area contributed by atoms with E-state index in [0.29, 0.717) is 0 Å². The Hall–Kier alpha value is -1.97. The summed E-state index contributed by atoms with van der Waals surface area (Å²) in [7, 11) is 0. The molecular weight excluding hydrogens is 206 g/mol. The quantitative estimate of drug-likeness (QED) is 0.778. The highest BCUT2D eigenvalue weighted by Crippen LogP contribution is 2.29. The van der Waals surface area contributed by atoms with Gasteiger partial charge in [-0.3, -0.25) is 0 Å². The maximum atomic E-state index is 11.5. The summed E-state index contributed by atoms with van der Waals surface area (Å²) < 4.78 is 4.94. The molecule has 0 aliphatic carbocycles. The van der Waals surface area contributed by atoms with E-state index in [2.05, 4.69) is 0 Å². The fourth-order valence-corrected chi connectivity index (χ4v) is 1.73. The normalized spacial score (nSPS) is 21.1. The van der Waals surface area contributed by atoms with E-state index < -0.39 is 6.09 Å². The van der Waals surface area contributed by atoms with Crippen molar-refractivity contribution in [3.8, 4) is 0 Å². The molecule has 0 radical (unpaired) electrons. The first-order valence-electron chi connectivity index (χ1n) is 5.10. The molecule has 0 unspecified atom stereocenters. The smallest absolute Gasteiger partial charge is 0.417 e. The summed E-state index contributed by atoms with van der Waals surface area (Å²) in [4.78, 5) is 12.7. The summed E-state index contributed by atoms with van der Waals surface area (Å²) in [6.45, 7) is 1.93. The van der Waals surface area contributed by atoms with Crippen LogP contribution in [0, 0.1) is 0 Å². The number of amides is 1. The van der Waals surface area contributed by atoms with E-state index in [0.717, 1.165) is 5.56 Å². The Kier molecular flexibility index (Phi) is 2.81. The van der Waals surface area contributed by atoms with Gasteiger partial charge in [-0.1, -0.05) is 30.3 Å². The molecule has 1 aliphatic rings. The van der Waals surface area contributed by atoms with Crippen LogP contribution in [0.3, 0.4) is 0 Å². The second-order valence-corrected chi connectivity index (χ2v) is 3.52. The molecule has 1 saturated heterocycles. The fraction of sp³-hybridized carbons (Fsp3) is 0.250. The lowest BCUT2D eigenvalue weighted by atomic mass is 10.1. The molecule has 1 heterocycles. The van der Waals surface area contributed by atoms with Crippen molar-refractivity contribution in [1.82, 2.24) is 4.90 Å². The molecule has 1 N–H and O–H groups in total. The maximum absolute atomic E-state index is 11.5. The highest BCUT2D eigenvalue weighted by Gasteiger charge is 2.36. The Morgan fingerprint density at radius 1 is 1.50 bits per heavy atom. The lowest BCUT2D eigenvalue weighted by Crippen LogP contribution is -2.26. The van der Waals surface area contributed by atoms with Gasteiger partial charge in [-0.2, -0.15) is 0 Å². The number of benzene rings is 1. The molecular formula is C12H13NO3. The highest BCUT2D eigenvalue weighted by molar-refractivity contribution is 5.72. The average Bonchev–Trinajstić information content (AvgIpc) is 2.71. The molecule has 0 saturated carbocycles. The zero-order chi connectivity index (χ0) is 11.5. The molecule has 2 rings (SSSR count). The predicted molar refractivity (Wildman–Crippen MR) is 58.8 cm³/mol. The van der Waals surface area contributed by atoms with Crippen molar-refractivity contribution in [3.63, 3.8) is 0 Å². The van der Waals surface area contributed by atoms with Crippen LogP contribution in [0.5, 0.6) is 0 Å². The van der Waals surface area contributed by atoms with Crippen molar-refractivity contribution in [1.29, 1.82) is 0 Å². The first-order chi connectivity index (χ1) is 7.74. The van der Waals surface area contributed by atoms with Gasteiger partial charge >= 0.3 is 6.09 Å². The molecule has 4 heteroatoms. The molecule has 1 amide bonds. The van der Waals surface area contributed by atoms with Gasteiger partial charge in [0.2, 0.25) is 0 Å². The number of nitrogens with zero attached hydrogens (tertiary/aromatic N) is 1. The summed E-state index contributed by atoms with van der Waals surface area (Å²) in [5.41, 5.74) is 0.946. The number of hydrogen-bond acceptors (Lipinski definition) is 3. The molecule has 1 aromatic rings. The number of carbonyl (C=O) groups is 1. The van der Waals surface area contributed by atoms with Gasteiger partial charge in [0.25, 0.3) is 0 Å². The Balaban J connectivity index is 2.32. The second kappa shape index (κ2) is 4.26. The van der Waals surface area contributed by atoms with Crippen LogP contribution in [-0.2, 0) is 4.74 Å². The predicted octanol–water partition coefficient (Wildman–Crippen LogP) is 2.60. The van der Waals surface area contributed by atoms with Crippen molar-refractivity contribution >= 4 is 6.09 Å². The third-order valence-corrected chi connectivity index (χ3v) is 2.56. The van der Waals surface area contributed by atoms with Crippen LogP contribution in [0.25, 0.3) is 0 Å². The van der Waals surface area contributed by atoms with Crippen LogP contribution in [0.4, 0.5) is 4.79 Å². The van der Waals surface area contributed by atoms with Crippen molar-refractivity contribution in [2.24, 2.45) is 0 Å². The molecule has 0 spiro atoms. The zero-order valence-corrected chi connectivity index (χ0v) is 8.96. The molecule has 1 aromatic carbocycles. The van der Waals surface area contributed by atoms with E-state index in [4.69, 9.17) is 4.74 Å². The van der Waals surface area contributed by atoms with Gasteiger partial charge in [0.15, 0.2) is 5.88 Å². The molecule has 1 fully saturated rings. The minimum Gasteiger partial charge on any atom is -0.495 e. The molecule has 84 valence electrons. The van der Waals surface area contributed by atoms with E-state index in [9.17, 15) is 9.90 Å². The maximum Gasteiger partial charge on any atom is 0.417 e. The second-order valence-electron chi connectivity index (χ2n) is 3.52. The molecule has 0 bridgehead atoms. The monoisotopic (exact) mass is 219 g/mol. The number of hydrogen-bond donors (Lipinski definition) is 1. The summed E-state index contributed by atoms with van der Waals surface area (Å²) in [6, 6.07) is 9.25.